The highest BCUT2D eigenvalue weighted by Gasteiger charge is 2.17. The lowest BCUT2D eigenvalue weighted by Gasteiger charge is -2.10. The minimum absolute atomic E-state index is 0.0563. The van der Waals surface area contributed by atoms with Gasteiger partial charge in [-0.3, -0.25) is 9.48 Å². The fourth-order valence-corrected chi connectivity index (χ4v) is 3.31. The van der Waals surface area contributed by atoms with Crippen LogP contribution in [0, 0.1) is 13.8 Å². The van der Waals surface area contributed by atoms with Gasteiger partial charge in [0, 0.05) is 18.3 Å². The van der Waals surface area contributed by atoms with Crippen LogP contribution in [0.15, 0.2) is 23.1 Å². The molecule has 1 amide bonds. The van der Waals surface area contributed by atoms with E-state index in [0.717, 1.165) is 17.0 Å². The Morgan fingerprint density at radius 3 is 2.54 bits per heavy atom. The molecule has 2 aromatic rings. The maximum Gasteiger partial charge on any atom is 0.229 e. The van der Waals surface area contributed by atoms with Crippen LogP contribution in [0.4, 0.5) is 5.69 Å². The van der Waals surface area contributed by atoms with Crippen molar-refractivity contribution in [2.75, 3.05) is 11.1 Å². The predicted octanol–water partition coefficient (Wildman–Crippen LogP) is 1.72. The summed E-state index contributed by atoms with van der Waals surface area (Å²) in [6, 6.07) is 3.85. The Morgan fingerprint density at radius 1 is 1.33 bits per heavy atom. The Kier molecular flexibility index (Phi) is 4.98. The Bertz CT molecular complexity index is 885. The third kappa shape index (κ3) is 3.59. The highest BCUT2D eigenvalue weighted by molar-refractivity contribution is 7.91. The largest absolute Gasteiger partial charge is 0.506 e. The summed E-state index contributed by atoms with van der Waals surface area (Å²) >= 11 is 0. The second-order valence-electron chi connectivity index (χ2n) is 5.58. The van der Waals surface area contributed by atoms with Crippen molar-refractivity contribution in [1.82, 2.24) is 9.78 Å². The summed E-state index contributed by atoms with van der Waals surface area (Å²) in [6.45, 7) is 5.23. The number of aromatic hydroxyl groups is 1. The maximum absolute atomic E-state index is 12.3. The minimum atomic E-state index is -3.42. The minimum Gasteiger partial charge on any atom is -0.506 e. The van der Waals surface area contributed by atoms with Gasteiger partial charge in [0.1, 0.15) is 5.75 Å². The average Bonchev–Trinajstić information content (AvgIpc) is 2.75. The van der Waals surface area contributed by atoms with E-state index < -0.39 is 9.84 Å². The average molecular weight is 351 g/mol. The van der Waals surface area contributed by atoms with Crippen LogP contribution in [0.25, 0.3) is 0 Å². The van der Waals surface area contributed by atoms with Crippen LogP contribution in [0.1, 0.15) is 23.9 Å². The number of carbonyl (C=O) groups is 1. The van der Waals surface area contributed by atoms with Crippen LogP contribution in [-0.4, -0.2) is 35.0 Å². The molecule has 0 spiro atoms. The first-order valence-corrected chi connectivity index (χ1v) is 9.15. The van der Waals surface area contributed by atoms with Crippen LogP contribution < -0.4 is 5.32 Å². The molecule has 0 bridgehead atoms. The molecule has 0 atom stereocenters. The molecule has 130 valence electrons. The summed E-state index contributed by atoms with van der Waals surface area (Å²) in [5, 5.41) is 16.7. The molecule has 1 aromatic carbocycles. The molecule has 0 fully saturated rings. The molecule has 0 unspecified atom stereocenters. The lowest BCUT2D eigenvalue weighted by atomic mass is 10.1. The summed E-state index contributed by atoms with van der Waals surface area (Å²) in [4.78, 5) is 12.3. The molecule has 0 saturated heterocycles. The number of sulfone groups is 1. The number of carbonyl (C=O) groups excluding carboxylic acids is 1. The van der Waals surface area contributed by atoms with Crippen molar-refractivity contribution < 1.29 is 18.3 Å². The monoisotopic (exact) mass is 351 g/mol. The van der Waals surface area contributed by atoms with Gasteiger partial charge in [-0.15, -0.1) is 0 Å². The molecular formula is C16H21N3O4S. The Hall–Kier alpha value is -2.35. The Balaban J connectivity index is 2.24. The van der Waals surface area contributed by atoms with Crippen LogP contribution in [-0.2, 0) is 28.1 Å². The van der Waals surface area contributed by atoms with Crippen molar-refractivity contribution in [2.45, 2.75) is 32.1 Å². The van der Waals surface area contributed by atoms with Crippen molar-refractivity contribution in [3.05, 3.63) is 35.2 Å². The molecule has 1 heterocycles. The van der Waals surface area contributed by atoms with Gasteiger partial charge in [0.15, 0.2) is 9.84 Å². The smallest absolute Gasteiger partial charge is 0.229 e. The Morgan fingerprint density at radius 2 is 2.00 bits per heavy atom. The standard InChI is InChI=1S/C16H21N3O4S/c1-5-24(22,23)12-6-7-15(20)14(8-12)17-16(21)9-13-10(2)18-19(4)11(13)3/h6-8,20H,5,9H2,1-4H3,(H,17,21). The van der Waals surface area contributed by atoms with Gasteiger partial charge in [-0.25, -0.2) is 8.42 Å². The quantitative estimate of drug-likeness (QED) is 0.799. The van der Waals surface area contributed by atoms with Gasteiger partial charge in [0.25, 0.3) is 0 Å². The zero-order valence-electron chi connectivity index (χ0n) is 14.1. The second kappa shape index (κ2) is 6.64. The molecule has 1 aromatic heterocycles. The first kappa shape index (κ1) is 18.0. The van der Waals surface area contributed by atoms with Crippen LogP contribution in [0.2, 0.25) is 0 Å². The number of hydrogen-bond donors (Lipinski definition) is 2. The van der Waals surface area contributed by atoms with Crippen molar-refractivity contribution in [2.24, 2.45) is 7.05 Å². The molecule has 8 heteroatoms. The zero-order valence-corrected chi connectivity index (χ0v) is 14.9. The van der Waals surface area contributed by atoms with Gasteiger partial charge < -0.3 is 10.4 Å². The van der Waals surface area contributed by atoms with Crippen molar-refractivity contribution in [3.8, 4) is 5.75 Å². The molecule has 0 saturated carbocycles. The van der Waals surface area contributed by atoms with E-state index in [1.807, 2.05) is 13.8 Å². The molecule has 2 N–H and O–H groups in total. The fourth-order valence-electron chi connectivity index (χ4n) is 2.40. The maximum atomic E-state index is 12.3. The number of hydrogen-bond acceptors (Lipinski definition) is 5. The normalized spacial score (nSPS) is 11.5. The number of nitrogens with one attached hydrogen (secondary N) is 1. The van der Waals surface area contributed by atoms with E-state index in [1.165, 1.54) is 25.1 Å². The number of phenols is 1. The summed E-state index contributed by atoms with van der Waals surface area (Å²) in [6.07, 6.45) is 0.0930. The third-order valence-corrected chi connectivity index (χ3v) is 5.71. The SMILES string of the molecule is CCS(=O)(=O)c1ccc(O)c(NC(=O)Cc2c(C)nn(C)c2C)c1. The second-order valence-corrected chi connectivity index (χ2v) is 7.86. The fraction of sp³-hybridized carbons (Fsp3) is 0.375. The number of amides is 1. The van der Waals surface area contributed by atoms with E-state index >= 15 is 0 Å². The van der Waals surface area contributed by atoms with Gasteiger partial charge in [-0.05, 0) is 32.0 Å². The first-order valence-electron chi connectivity index (χ1n) is 7.50. The summed E-state index contributed by atoms with van der Waals surface area (Å²) in [5.74, 6) is -0.590. The number of phenolic OH excluding ortho intramolecular Hbond substituents is 1. The molecule has 0 aliphatic heterocycles. The van der Waals surface area contributed by atoms with E-state index in [9.17, 15) is 18.3 Å². The third-order valence-electron chi connectivity index (χ3n) is 3.98. The van der Waals surface area contributed by atoms with Gasteiger partial charge in [0.05, 0.1) is 28.5 Å². The molecule has 0 aliphatic rings. The molecule has 2 rings (SSSR count). The number of benzene rings is 1. The molecule has 7 nitrogen and oxygen atoms in total. The molecular weight excluding hydrogens is 330 g/mol. The number of aryl methyl sites for hydroxylation is 2. The highest BCUT2D eigenvalue weighted by Crippen LogP contribution is 2.27. The van der Waals surface area contributed by atoms with E-state index in [0.29, 0.717) is 0 Å². The predicted molar refractivity (Wildman–Crippen MR) is 90.8 cm³/mol. The van der Waals surface area contributed by atoms with Crippen molar-refractivity contribution >= 4 is 21.4 Å². The zero-order chi connectivity index (χ0) is 18.1. The van der Waals surface area contributed by atoms with Gasteiger partial charge >= 0.3 is 0 Å². The van der Waals surface area contributed by atoms with Crippen LogP contribution in [0.5, 0.6) is 5.75 Å². The van der Waals surface area contributed by atoms with Crippen molar-refractivity contribution in [1.29, 1.82) is 0 Å². The lowest BCUT2D eigenvalue weighted by Crippen LogP contribution is -2.16. The topological polar surface area (TPSA) is 101 Å². The number of aromatic nitrogens is 2. The van der Waals surface area contributed by atoms with Crippen molar-refractivity contribution in [3.63, 3.8) is 0 Å². The summed E-state index contributed by atoms with van der Waals surface area (Å²) in [7, 11) is -1.62. The van der Waals surface area contributed by atoms with E-state index in [1.54, 1.807) is 11.7 Å². The summed E-state index contributed by atoms with van der Waals surface area (Å²) < 4.78 is 25.6. The molecule has 24 heavy (non-hydrogen) atoms. The van der Waals surface area contributed by atoms with Gasteiger partial charge in [-0.1, -0.05) is 6.92 Å². The van der Waals surface area contributed by atoms with E-state index in [4.69, 9.17) is 0 Å². The van der Waals surface area contributed by atoms with E-state index in [-0.39, 0.29) is 34.4 Å². The number of rotatable bonds is 5. The van der Waals surface area contributed by atoms with Gasteiger partial charge in [-0.2, -0.15) is 5.10 Å². The molecule has 0 aliphatic carbocycles. The van der Waals surface area contributed by atoms with Crippen LogP contribution in [0.3, 0.4) is 0 Å². The van der Waals surface area contributed by atoms with Gasteiger partial charge in [0.2, 0.25) is 5.91 Å². The first-order chi connectivity index (χ1) is 11.2. The van der Waals surface area contributed by atoms with E-state index in [2.05, 4.69) is 10.4 Å². The Labute approximate surface area is 141 Å². The number of anilines is 1. The lowest BCUT2D eigenvalue weighted by molar-refractivity contribution is -0.115. The van der Waals surface area contributed by atoms with Crippen LogP contribution >= 0.6 is 0 Å². The summed E-state index contributed by atoms with van der Waals surface area (Å²) in [5.41, 5.74) is 2.53. The number of nitrogens with zero attached hydrogens (tertiary/aromatic N) is 2. The molecule has 0 radical (unpaired) electrons. The highest BCUT2D eigenvalue weighted by atomic mass is 32.2.